The van der Waals surface area contributed by atoms with Crippen LogP contribution < -0.4 is 20.1 Å². The summed E-state index contributed by atoms with van der Waals surface area (Å²) in [6.07, 6.45) is 4.62. The number of benzene rings is 2. The molecule has 5 rings (SSSR count). The monoisotopic (exact) mass is 399 g/mol. The van der Waals surface area contributed by atoms with Gasteiger partial charge in [0.15, 0.2) is 11.5 Å². The number of nitrogens with one attached hydrogen (secondary N) is 2. The summed E-state index contributed by atoms with van der Waals surface area (Å²) in [5, 5.41) is 6.94. The van der Waals surface area contributed by atoms with E-state index in [1.165, 1.54) is 12.4 Å². The number of rotatable bonds is 4. The molecule has 0 unspecified atom stereocenters. The van der Waals surface area contributed by atoms with Gasteiger partial charge in [0.25, 0.3) is 5.91 Å². The zero-order valence-corrected chi connectivity index (χ0v) is 15.8. The predicted molar refractivity (Wildman–Crippen MR) is 112 cm³/mol. The molecule has 2 N–H and O–H groups in total. The van der Waals surface area contributed by atoms with Crippen molar-refractivity contribution < 1.29 is 14.3 Å². The Morgan fingerprint density at radius 2 is 1.77 bits per heavy atom. The number of aromatic nitrogens is 3. The van der Waals surface area contributed by atoms with Crippen LogP contribution in [0.3, 0.4) is 0 Å². The molecule has 1 aliphatic rings. The molecule has 0 saturated carbocycles. The summed E-state index contributed by atoms with van der Waals surface area (Å²) in [6.45, 7) is 1.07. The van der Waals surface area contributed by atoms with Gasteiger partial charge in [-0.1, -0.05) is 18.2 Å². The second-order valence-electron chi connectivity index (χ2n) is 6.61. The number of hydrogen-bond acceptors (Lipinski definition) is 7. The smallest absolute Gasteiger partial charge is 0.275 e. The maximum atomic E-state index is 12.6. The number of para-hydroxylation sites is 1. The van der Waals surface area contributed by atoms with Crippen LogP contribution in [0.4, 0.5) is 17.2 Å². The van der Waals surface area contributed by atoms with Crippen molar-refractivity contribution in [1.29, 1.82) is 0 Å². The zero-order chi connectivity index (χ0) is 20.3. The van der Waals surface area contributed by atoms with E-state index in [0.717, 1.165) is 16.6 Å². The van der Waals surface area contributed by atoms with Gasteiger partial charge in [0.1, 0.15) is 24.7 Å². The fraction of sp³-hybridized carbons (Fsp3) is 0.0909. The number of carbonyl (C=O) groups is 1. The Hall–Kier alpha value is -4.20. The van der Waals surface area contributed by atoms with Crippen molar-refractivity contribution >= 4 is 34.0 Å². The summed E-state index contributed by atoms with van der Waals surface area (Å²) in [5.41, 5.74) is 2.33. The van der Waals surface area contributed by atoms with E-state index in [4.69, 9.17) is 9.47 Å². The maximum absolute atomic E-state index is 12.6. The zero-order valence-electron chi connectivity index (χ0n) is 15.8. The summed E-state index contributed by atoms with van der Waals surface area (Å²) in [7, 11) is 0. The van der Waals surface area contributed by atoms with Crippen molar-refractivity contribution in [2.45, 2.75) is 0 Å². The van der Waals surface area contributed by atoms with E-state index in [2.05, 4.69) is 25.6 Å². The molecule has 1 amide bonds. The molecule has 3 heterocycles. The summed E-state index contributed by atoms with van der Waals surface area (Å²) in [6, 6.07) is 14.9. The summed E-state index contributed by atoms with van der Waals surface area (Å²) in [5.74, 6) is 1.55. The number of anilines is 3. The van der Waals surface area contributed by atoms with Gasteiger partial charge < -0.3 is 20.1 Å². The van der Waals surface area contributed by atoms with Gasteiger partial charge >= 0.3 is 0 Å². The largest absolute Gasteiger partial charge is 0.486 e. The molecule has 0 saturated heterocycles. The van der Waals surface area contributed by atoms with Crippen LogP contribution in [0.5, 0.6) is 11.5 Å². The van der Waals surface area contributed by atoms with Crippen molar-refractivity contribution in [3.8, 4) is 11.5 Å². The number of carbonyl (C=O) groups excluding carboxylic acids is 1. The van der Waals surface area contributed by atoms with Crippen molar-refractivity contribution in [3.63, 3.8) is 0 Å². The van der Waals surface area contributed by atoms with E-state index >= 15 is 0 Å². The lowest BCUT2D eigenvalue weighted by Gasteiger charge is -2.19. The number of hydrogen-bond donors (Lipinski definition) is 2. The van der Waals surface area contributed by atoms with Crippen molar-refractivity contribution in [2.75, 3.05) is 23.8 Å². The summed E-state index contributed by atoms with van der Waals surface area (Å²) >= 11 is 0. The van der Waals surface area contributed by atoms with Crippen LogP contribution in [0.15, 0.2) is 67.1 Å². The lowest BCUT2D eigenvalue weighted by molar-refractivity contribution is 0.102. The van der Waals surface area contributed by atoms with Crippen LogP contribution in [0.1, 0.15) is 10.5 Å². The molecule has 0 bridgehead atoms. The minimum absolute atomic E-state index is 0.204. The van der Waals surface area contributed by atoms with Gasteiger partial charge in [-0.05, 0) is 24.3 Å². The normalized spacial score (nSPS) is 12.4. The van der Waals surface area contributed by atoms with E-state index in [-0.39, 0.29) is 11.6 Å². The summed E-state index contributed by atoms with van der Waals surface area (Å²) in [4.78, 5) is 25.4. The highest BCUT2D eigenvalue weighted by Crippen LogP contribution is 2.33. The molecule has 2 aromatic carbocycles. The Morgan fingerprint density at radius 1 is 0.900 bits per heavy atom. The Balaban J connectivity index is 1.30. The SMILES string of the molecule is O=C(Nc1cccc2cccnc12)c1cnc(Nc2ccc3c(c2)OCCO3)cn1. The molecule has 0 fully saturated rings. The minimum atomic E-state index is -0.355. The van der Waals surface area contributed by atoms with Crippen LogP contribution in [0.25, 0.3) is 10.9 Å². The van der Waals surface area contributed by atoms with Crippen molar-refractivity contribution in [1.82, 2.24) is 15.0 Å². The molecule has 0 radical (unpaired) electrons. The van der Waals surface area contributed by atoms with Gasteiger partial charge in [-0.15, -0.1) is 0 Å². The quantitative estimate of drug-likeness (QED) is 0.539. The fourth-order valence-corrected chi connectivity index (χ4v) is 3.17. The molecule has 1 aliphatic heterocycles. The van der Waals surface area contributed by atoms with Gasteiger partial charge in [-0.2, -0.15) is 0 Å². The molecular weight excluding hydrogens is 382 g/mol. The number of pyridine rings is 1. The topological polar surface area (TPSA) is 98.3 Å². The predicted octanol–water partition coefficient (Wildman–Crippen LogP) is 3.79. The van der Waals surface area contributed by atoms with E-state index in [0.29, 0.717) is 36.2 Å². The molecule has 0 atom stereocenters. The Labute approximate surface area is 171 Å². The highest BCUT2D eigenvalue weighted by Gasteiger charge is 2.13. The third-order valence-electron chi connectivity index (χ3n) is 4.58. The number of fused-ring (bicyclic) bond motifs is 2. The molecule has 8 heteroatoms. The Bertz CT molecular complexity index is 1220. The molecule has 148 valence electrons. The first-order valence-electron chi connectivity index (χ1n) is 9.40. The lowest BCUT2D eigenvalue weighted by atomic mass is 10.2. The molecular formula is C22H17N5O3. The van der Waals surface area contributed by atoms with E-state index < -0.39 is 0 Å². The van der Waals surface area contributed by atoms with Gasteiger partial charge in [0.2, 0.25) is 0 Å². The summed E-state index contributed by atoms with van der Waals surface area (Å²) < 4.78 is 11.1. The standard InChI is InChI=1S/C22H17N5O3/c28-22(27-16-5-1-3-14-4-2-8-23-21(14)16)17-12-25-20(13-24-17)26-15-6-7-18-19(11-15)30-10-9-29-18/h1-8,11-13H,9-10H2,(H,25,26)(H,27,28). The average Bonchev–Trinajstić information content (AvgIpc) is 2.80. The van der Waals surface area contributed by atoms with E-state index in [9.17, 15) is 4.79 Å². The highest BCUT2D eigenvalue weighted by molar-refractivity contribution is 6.07. The number of amides is 1. The Kier molecular flexibility index (Phi) is 4.57. The van der Waals surface area contributed by atoms with E-state index in [1.807, 2.05) is 42.5 Å². The van der Waals surface area contributed by atoms with Crippen molar-refractivity contribution in [3.05, 3.63) is 72.8 Å². The lowest BCUT2D eigenvalue weighted by Crippen LogP contribution is -2.15. The van der Waals surface area contributed by atoms with Crippen LogP contribution in [0.2, 0.25) is 0 Å². The van der Waals surface area contributed by atoms with Gasteiger partial charge in [-0.25, -0.2) is 9.97 Å². The van der Waals surface area contributed by atoms with E-state index in [1.54, 1.807) is 12.3 Å². The molecule has 2 aromatic heterocycles. The second-order valence-corrected chi connectivity index (χ2v) is 6.61. The van der Waals surface area contributed by atoms with Gasteiger partial charge in [0, 0.05) is 23.3 Å². The van der Waals surface area contributed by atoms with Crippen LogP contribution in [-0.2, 0) is 0 Å². The van der Waals surface area contributed by atoms with Gasteiger partial charge in [0.05, 0.1) is 23.6 Å². The number of ether oxygens (including phenoxy) is 2. The first kappa shape index (κ1) is 17.9. The third kappa shape index (κ3) is 3.58. The second kappa shape index (κ2) is 7.67. The van der Waals surface area contributed by atoms with Gasteiger partial charge in [-0.3, -0.25) is 9.78 Å². The molecule has 30 heavy (non-hydrogen) atoms. The molecule has 0 aliphatic carbocycles. The van der Waals surface area contributed by atoms with Crippen LogP contribution >= 0.6 is 0 Å². The van der Waals surface area contributed by atoms with Crippen molar-refractivity contribution in [2.24, 2.45) is 0 Å². The minimum Gasteiger partial charge on any atom is -0.486 e. The fourth-order valence-electron chi connectivity index (χ4n) is 3.17. The molecule has 0 spiro atoms. The molecule has 4 aromatic rings. The highest BCUT2D eigenvalue weighted by atomic mass is 16.6. The van der Waals surface area contributed by atoms with Crippen LogP contribution in [-0.4, -0.2) is 34.1 Å². The molecule has 8 nitrogen and oxygen atoms in total. The Morgan fingerprint density at radius 3 is 2.63 bits per heavy atom. The third-order valence-corrected chi connectivity index (χ3v) is 4.58. The average molecular weight is 399 g/mol. The number of nitrogens with zero attached hydrogens (tertiary/aromatic N) is 3. The van der Waals surface area contributed by atoms with Crippen LogP contribution in [0, 0.1) is 0 Å². The maximum Gasteiger partial charge on any atom is 0.275 e. The first-order valence-corrected chi connectivity index (χ1v) is 9.40. The first-order chi connectivity index (χ1) is 14.8.